The molecule has 1 heterocycles. The Bertz CT molecular complexity index is 513. The first-order valence-electron chi connectivity index (χ1n) is 6.83. The maximum Gasteiger partial charge on any atom is 0.255 e. The second-order valence-electron chi connectivity index (χ2n) is 4.89. The van der Waals surface area contributed by atoms with Crippen LogP contribution in [0.3, 0.4) is 0 Å². The lowest BCUT2D eigenvalue weighted by Gasteiger charge is -2.33. The van der Waals surface area contributed by atoms with E-state index >= 15 is 0 Å². The van der Waals surface area contributed by atoms with E-state index in [-0.39, 0.29) is 5.91 Å². The molecular weight excluding hydrogens is 236 g/mol. The highest BCUT2D eigenvalue weighted by atomic mass is 16.2. The zero-order valence-corrected chi connectivity index (χ0v) is 11.4. The highest BCUT2D eigenvalue weighted by Gasteiger charge is 2.25. The fourth-order valence-corrected chi connectivity index (χ4v) is 2.48. The lowest BCUT2D eigenvalue weighted by Crippen LogP contribution is -2.42. The Labute approximate surface area is 114 Å². The van der Waals surface area contributed by atoms with Crippen LogP contribution in [-0.2, 0) is 0 Å². The van der Waals surface area contributed by atoms with Gasteiger partial charge in [-0.25, -0.2) is 0 Å². The number of hydrogen-bond donors (Lipinski definition) is 1. The molecule has 3 heteroatoms. The summed E-state index contributed by atoms with van der Waals surface area (Å²) < 4.78 is 0. The van der Waals surface area contributed by atoms with Crippen molar-refractivity contribution in [3.63, 3.8) is 0 Å². The number of carbonyl (C=O) groups is 1. The van der Waals surface area contributed by atoms with Gasteiger partial charge in [-0.3, -0.25) is 4.79 Å². The van der Waals surface area contributed by atoms with Crippen molar-refractivity contribution in [3.8, 4) is 11.8 Å². The van der Waals surface area contributed by atoms with E-state index in [4.69, 9.17) is 5.73 Å². The van der Waals surface area contributed by atoms with Gasteiger partial charge in [-0.05, 0) is 38.3 Å². The maximum atomic E-state index is 12.6. The molecule has 1 aromatic rings. The van der Waals surface area contributed by atoms with Crippen LogP contribution in [-0.4, -0.2) is 29.9 Å². The lowest BCUT2D eigenvalue weighted by molar-refractivity contribution is 0.0635. The molecule has 0 bridgehead atoms. The van der Waals surface area contributed by atoms with E-state index in [0.717, 1.165) is 24.9 Å². The minimum Gasteiger partial charge on any atom is -0.336 e. The van der Waals surface area contributed by atoms with Crippen molar-refractivity contribution in [1.82, 2.24) is 4.90 Å². The molecule has 2 rings (SSSR count). The molecule has 1 aromatic carbocycles. The Balaban J connectivity index is 2.27. The summed E-state index contributed by atoms with van der Waals surface area (Å²) in [6.07, 6.45) is 3.38. The summed E-state index contributed by atoms with van der Waals surface area (Å²) in [6, 6.07) is 7.83. The minimum atomic E-state index is 0.0918. The van der Waals surface area contributed by atoms with E-state index < -0.39 is 0 Å². The Kier molecular flexibility index (Phi) is 4.59. The number of nitrogens with zero attached hydrogens (tertiary/aromatic N) is 1. The van der Waals surface area contributed by atoms with Crippen molar-refractivity contribution >= 4 is 5.91 Å². The summed E-state index contributed by atoms with van der Waals surface area (Å²) in [7, 11) is 0. The summed E-state index contributed by atoms with van der Waals surface area (Å²) in [4.78, 5) is 14.6. The Hall–Kier alpha value is -1.79. The van der Waals surface area contributed by atoms with Crippen molar-refractivity contribution in [3.05, 3.63) is 35.4 Å². The van der Waals surface area contributed by atoms with E-state index in [1.165, 1.54) is 6.42 Å². The van der Waals surface area contributed by atoms with Crippen molar-refractivity contribution < 1.29 is 4.79 Å². The van der Waals surface area contributed by atoms with Gasteiger partial charge in [-0.1, -0.05) is 24.0 Å². The van der Waals surface area contributed by atoms with Gasteiger partial charge in [0.1, 0.15) is 0 Å². The van der Waals surface area contributed by atoms with E-state index in [1.54, 1.807) is 0 Å². The van der Waals surface area contributed by atoms with Gasteiger partial charge in [0.15, 0.2) is 0 Å². The molecule has 1 aliphatic heterocycles. The number of nitrogens with two attached hydrogens (primary N) is 1. The highest BCUT2D eigenvalue weighted by molar-refractivity contribution is 5.97. The van der Waals surface area contributed by atoms with Gasteiger partial charge in [0.05, 0.1) is 12.1 Å². The fourth-order valence-electron chi connectivity index (χ4n) is 2.48. The second-order valence-corrected chi connectivity index (χ2v) is 4.89. The monoisotopic (exact) mass is 256 g/mol. The molecule has 0 spiro atoms. The quantitative estimate of drug-likeness (QED) is 0.781. The van der Waals surface area contributed by atoms with Gasteiger partial charge in [0.25, 0.3) is 5.91 Å². The number of benzene rings is 1. The van der Waals surface area contributed by atoms with Gasteiger partial charge in [0, 0.05) is 18.2 Å². The molecule has 1 atom stereocenters. The van der Waals surface area contributed by atoms with Crippen molar-refractivity contribution in [2.45, 2.75) is 32.2 Å². The molecule has 1 aliphatic rings. The van der Waals surface area contributed by atoms with E-state index in [2.05, 4.69) is 18.8 Å². The Morgan fingerprint density at radius 1 is 1.42 bits per heavy atom. The summed E-state index contributed by atoms with van der Waals surface area (Å²) in [5.41, 5.74) is 6.86. The van der Waals surface area contributed by atoms with Crippen LogP contribution < -0.4 is 5.73 Å². The molecule has 1 unspecified atom stereocenters. The molecule has 3 nitrogen and oxygen atoms in total. The van der Waals surface area contributed by atoms with Gasteiger partial charge >= 0.3 is 0 Å². The molecule has 100 valence electrons. The number of piperidine rings is 1. The predicted octanol–water partition coefficient (Wildman–Crippen LogP) is 2.01. The third kappa shape index (κ3) is 3.15. The second kappa shape index (κ2) is 6.40. The van der Waals surface area contributed by atoms with Crippen LogP contribution in [0.2, 0.25) is 0 Å². The molecular formula is C16H20N2O. The van der Waals surface area contributed by atoms with Gasteiger partial charge in [-0.15, -0.1) is 0 Å². The number of hydrogen-bond acceptors (Lipinski definition) is 2. The molecule has 0 radical (unpaired) electrons. The van der Waals surface area contributed by atoms with Crippen LogP contribution >= 0.6 is 0 Å². The molecule has 1 fully saturated rings. The molecule has 1 saturated heterocycles. The van der Waals surface area contributed by atoms with Crippen LogP contribution in [0.25, 0.3) is 0 Å². The zero-order chi connectivity index (χ0) is 13.7. The first-order valence-corrected chi connectivity index (χ1v) is 6.83. The average molecular weight is 256 g/mol. The zero-order valence-electron chi connectivity index (χ0n) is 11.4. The summed E-state index contributed by atoms with van der Waals surface area (Å²) >= 11 is 0. The molecule has 0 aromatic heterocycles. The van der Waals surface area contributed by atoms with Crippen molar-refractivity contribution in [1.29, 1.82) is 0 Å². The number of carbonyl (C=O) groups excluding carboxylic acids is 1. The van der Waals surface area contributed by atoms with Crippen LogP contribution in [0.4, 0.5) is 0 Å². The largest absolute Gasteiger partial charge is 0.336 e. The third-order valence-electron chi connectivity index (χ3n) is 3.55. The number of rotatable bonds is 1. The van der Waals surface area contributed by atoms with Crippen LogP contribution in [0, 0.1) is 11.8 Å². The number of likely N-dealkylation sites (tertiary alicyclic amines) is 1. The van der Waals surface area contributed by atoms with E-state index in [1.807, 2.05) is 29.2 Å². The standard InChI is InChI=1S/C16H20N2O/c1-13-7-4-5-12-18(13)16(19)15-10-3-2-8-14(15)9-6-11-17/h2-3,8,10,13H,4-5,7,11-12,17H2,1H3. The average Bonchev–Trinajstić information content (AvgIpc) is 2.45. The number of amides is 1. The SMILES string of the molecule is CC1CCCCN1C(=O)c1ccccc1C#CCN. The molecule has 1 amide bonds. The predicted molar refractivity (Wildman–Crippen MR) is 76.7 cm³/mol. The molecule has 19 heavy (non-hydrogen) atoms. The van der Waals surface area contributed by atoms with Gasteiger partial charge in [0.2, 0.25) is 0 Å². The van der Waals surface area contributed by atoms with E-state index in [9.17, 15) is 4.79 Å². The van der Waals surface area contributed by atoms with Crippen molar-refractivity contribution in [2.24, 2.45) is 5.73 Å². The summed E-state index contributed by atoms with van der Waals surface area (Å²) in [6.45, 7) is 3.27. The summed E-state index contributed by atoms with van der Waals surface area (Å²) in [5.74, 6) is 5.90. The normalized spacial score (nSPS) is 18.6. The van der Waals surface area contributed by atoms with Crippen molar-refractivity contribution in [2.75, 3.05) is 13.1 Å². The fraction of sp³-hybridized carbons (Fsp3) is 0.438. The smallest absolute Gasteiger partial charge is 0.255 e. The Morgan fingerprint density at radius 3 is 2.95 bits per heavy atom. The minimum absolute atomic E-state index is 0.0918. The summed E-state index contributed by atoms with van der Waals surface area (Å²) in [5, 5.41) is 0. The Morgan fingerprint density at radius 2 is 2.21 bits per heavy atom. The highest BCUT2D eigenvalue weighted by Crippen LogP contribution is 2.20. The molecule has 0 aliphatic carbocycles. The van der Waals surface area contributed by atoms with Crippen LogP contribution in [0.15, 0.2) is 24.3 Å². The lowest BCUT2D eigenvalue weighted by atomic mass is 10.0. The molecule has 0 saturated carbocycles. The molecule has 2 N–H and O–H groups in total. The third-order valence-corrected chi connectivity index (χ3v) is 3.55. The van der Waals surface area contributed by atoms with Crippen LogP contribution in [0.1, 0.15) is 42.1 Å². The van der Waals surface area contributed by atoms with Crippen LogP contribution in [0.5, 0.6) is 0 Å². The maximum absolute atomic E-state index is 12.6. The van der Waals surface area contributed by atoms with Gasteiger partial charge < -0.3 is 10.6 Å². The first-order chi connectivity index (χ1) is 9.24. The van der Waals surface area contributed by atoms with E-state index in [0.29, 0.717) is 18.2 Å². The topological polar surface area (TPSA) is 46.3 Å². The first kappa shape index (κ1) is 13.6. The van der Waals surface area contributed by atoms with Gasteiger partial charge in [-0.2, -0.15) is 0 Å².